The van der Waals surface area contributed by atoms with Gasteiger partial charge in [0.15, 0.2) is 0 Å². The number of hydrogen-bond acceptors (Lipinski definition) is 4. The van der Waals surface area contributed by atoms with E-state index in [9.17, 15) is 4.79 Å². The highest BCUT2D eigenvalue weighted by atomic mass is 16.5. The maximum Gasteiger partial charge on any atom is 0.341 e. The molecule has 1 rings (SSSR count). The third kappa shape index (κ3) is 3.31. The molecule has 0 saturated heterocycles. The van der Waals surface area contributed by atoms with Crippen LogP contribution >= 0.6 is 0 Å². The van der Waals surface area contributed by atoms with Gasteiger partial charge in [-0.3, -0.25) is 0 Å². The van der Waals surface area contributed by atoms with Crippen LogP contribution in [0.3, 0.4) is 0 Å². The first-order valence-corrected chi connectivity index (χ1v) is 5.25. The molecule has 0 amide bonds. The summed E-state index contributed by atoms with van der Waals surface area (Å²) in [5.74, 6) is -0.329. The fraction of sp³-hybridized carbons (Fsp3) is 0.545. The molecule has 0 radical (unpaired) electrons. The molecule has 0 aliphatic rings. The molecule has 82 valence electrons. The normalized spacial score (nSPS) is 10.0. The molecule has 4 nitrogen and oxygen atoms in total. The van der Waals surface area contributed by atoms with E-state index in [1.165, 1.54) is 12.5 Å². The van der Waals surface area contributed by atoms with Crippen LogP contribution < -0.4 is 0 Å². The summed E-state index contributed by atoms with van der Waals surface area (Å²) in [5, 5.41) is 0. The topological polar surface area (TPSA) is 52.1 Å². The van der Waals surface area contributed by atoms with E-state index in [0.717, 1.165) is 25.0 Å². The first-order valence-electron chi connectivity index (χ1n) is 5.25. The van der Waals surface area contributed by atoms with Crippen LogP contribution in [0.25, 0.3) is 0 Å². The Morgan fingerprint density at radius 2 is 2.27 bits per heavy atom. The maximum atomic E-state index is 11.5. The molecule has 0 atom stereocenters. The number of rotatable bonds is 5. The lowest BCUT2D eigenvalue weighted by molar-refractivity contribution is 0.0524. The summed E-state index contributed by atoms with van der Waals surface area (Å²) in [6, 6.07) is 0. The van der Waals surface area contributed by atoms with Crippen molar-refractivity contribution in [1.82, 2.24) is 9.97 Å². The first-order chi connectivity index (χ1) is 7.29. The molecule has 1 aromatic heterocycles. The largest absolute Gasteiger partial charge is 0.462 e. The van der Waals surface area contributed by atoms with Crippen molar-refractivity contribution in [2.24, 2.45) is 0 Å². The molecule has 0 unspecified atom stereocenters. The smallest absolute Gasteiger partial charge is 0.341 e. The number of nitrogens with zero attached hydrogens (tertiary/aromatic N) is 2. The Bertz CT molecular complexity index is 326. The van der Waals surface area contributed by atoms with Gasteiger partial charge in [-0.05, 0) is 19.8 Å². The highest BCUT2D eigenvalue weighted by Gasteiger charge is 2.12. The first kappa shape index (κ1) is 11.6. The predicted octanol–water partition coefficient (Wildman–Crippen LogP) is 2.00. The van der Waals surface area contributed by atoms with Crippen molar-refractivity contribution in [3.05, 3.63) is 23.8 Å². The van der Waals surface area contributed by atoms with Crippen LogP contribution in [0.1, 0.15) is 42.7 Å². The SMILES string of the molecule is CCCCc1ncncc1C(=O)OCC. The Balaban J connectivity index is 2.80. The van der Waals surface area contributed by atoms with Crippen LogP contribution in [0.2, 0.25) is 0 Å². The number of ether oxygens (including phenoxy) is 1. The Hall–Kier alpha value is -1.45. The van der Waals surface area contributed by atoms with E-state index >= 15 is 0 Å². The second kappa shape index (κ2) is 6.11. The fourth-order valence-corrected chi connectivity index (χ4v) is 1.28. The Morgan fingerprint density at radius 3 is 2.93 bits per heavy atom. The Kier molecular flexibility index (Phi) is 4.74. The summed E-state index contributed by atoms with van der Waals surface area (Å²) < 4.78 is 4.93. The van der Waals surface area contributed by atoms with Gasteiger partial charge in [0, 0.05) is 6.20 Å². The predicted molar refractivity (Wildman–Crippen MR) is 56.6 cm³/mol. The Morgan fingerprint density at radius 1 is 1.47 bits per heavy atom. The van der Waals surface area contributed by atoms with Gasteiger partial charge in [-0.15, -0.1) is 0 Å². The minimum atomic E-state index is -0.329. The van der Waals surface area contributed by atoms with E-state index in [1.54, 1.807) is 6.92 Å². The van der Waals surface area contributed by atoms with E-state index < -0.39 is 0 Å². The number of unbranched alkanes of at least 4 members (excludes halogenated alkanes) is 1. The summed E-state index contributed by atoms with van der Waals surface area (Å²) in [4.78, 5) is 19.5. The molecule has 1 heterocycles. The van der Waals surface area contributed by atoms with Gasteiger partial charge >= 0.3 is 5.97 Å². The standard InChI is InChI=1S/C11H16N2O2/c1-3-5-6-10-9(7-12-8-13-10)11(14)15-4-2/h7-8H,3-6H2,1-2H3. The van der Waals surface area contributed by atoms with Gasteiger partial charge in [0.1, 0.15) is 6.33 Å². The van der Waals surface area contributed by atoms with Gasteiger partial charge in [0.05, 0.1) is 17.9 Å². The van der Waals surface area contributed by atoms with Crippen molar-refractivity contribution in [2.45, 2.75) is 33.1 Å². The zero-order chi connectivity index (χ0) is 11.1. The van der Waals surface area contributed by atoms with Crippen LogP contribution in [0.4, 0.5) is 0 Å². The lowest BCUT2D eigenvalue weighted by Crippen LogP contribution is -2.10. The van der Waals surface area contributed by atoms with Crippen LogP contribution in [0.5, 0.6) is 0 Å². The summed E-state index contributed by atoms with van der Waals surface area (Å²) in [7, 11) is 0. The number of carbonyl (C=O) groups excluding carboxylic acids is 1. The molecular weight excluding hydrogens is 192 g/mol. The van der Waals surface area contributed by atoms with E-state index in [1.807, 2.05) is 0 Å². The van der Waals surface area contributed by atoms with E-state index in [4.69, 9.17) is 4.74 Å². The van der Waals surface area contributed by atoms with Crippen LogP contribution in [0, 0.1) is 0 Å². The van der Waals surface area contributed by atoms with Gasteiger partial charge in [-0.25, -0.2) is 14.8 Å². The molecule has 0 aromatic carbocycles. The number of esters is 1. The second-order valence-corrected chi connectivity index (χ2v) is 3.21. The molecule has 0 saturated carbocycles. The highest BCUT2D eigenvalue weighted by Crippen LogP contribution is 2.09. The second-order valence-electron chi connectivity index (χ2n) is 3.21. The van der Waals surface area contributed by atoms with Crippen molar-refractivity contribution < 1.29 is 9.53 Å². The lowest BCUT2D eigenvalue weighted by atomic mass is 10.1. The molecule has 1 aromatic rings. The van der Waals surface area contributed by atoms with Crippen molar-refractivity contribution in [1.29, 1.82) is 0 Å². The monoisotopic (exact) mass is 208 g/mol. The molecule has 0 fully saturated rings. The van der Waals surface area contributed by atoms with E-state index in [-0.39, 0.29) is 5.97 Å². The van der Waals surface area contributed by atoms with Gasteiger partial charge < -0.3 is 4.74 Å². The van der Waals surface area contributed by atoms with E-state index in [2.05, 4.69) is 16.9 Å². The van der Waals surface area contributed by atoms with Gasteiger partial charge in [-0.2, -0.15) is 0 Å². The van der Waals surface area contributed by atoms with Crippen molar-refractivity contribution >= 4 is 5.97 Å². The van der Waals surface area contributed by atoms with Crippen LogP contribution in [-0.4, -0.2) is 22.5 Å². The minimum absolute atomic E-state index is 0.329. The number of aryl methyl sites for hydroxylation is 1. The zero-order valence-corrected chi connectivity index (χ0v) is 9.19. The van der Waals surface area contributed by atoms with Gasteiger partial charge in [-0.1, -0.05) is 13.3 Å². The summed E-state index contributed by atoms with van der Waals surface area (Å²) in [6.45, 7) is 4.26. The number of aromatic nitrogens is 2. The Labute approximate surface area is 89.7 Å². The molecule has 0 bridgehead atoms. The van der Waals surface area contributed by atoms with E-state index in [0.29, 0.717) is 12.2 Å². The quantitative estimate of drug-likeness (QED) is 0.694. The molecule has 0 aliphatic heterocycles. The third-order valence-corrected chi connectivity index (χ3v) is 2.06. The van der Waals surface area contributed by atoms with Crippen molar-refractivity contribution in [3.8, 4) is 0 Å². The average molecular weight is 208 g/mol. The van der Waals surface area contributed by atoms with Crippen LogP contribution in [0.15, 0.2) is 12.5 Å². The van der Waals surface area contributed by atoms with Crippen molar-refractivity contribution in [3.63, 3.8) is 0 Å². The van der Waals surface area contributed by atoms with Crippen molar-refractivity contribution in [2.75, 3.05) is 6.61 Å². The zero-order valence-electron chi connectivity index (χ0n) is 9.19. The van der Waals surface area contributed by atoms with Crippen LogP contribution in [-0.2, 0) is 11.2 Å². The third-order valence-electron chi connectivity index (χ3n) is 2.06. The summed E-state index contributed by atoms with van der Waals surface area (Å²) >= 11 is 0. The molecule has 4 heteroatoms. The lowest BCUT2D eigenvalue weighted by Gasteiger charge is -2.05. The highest BCUT2D eigenvalue weighted by molar-refractivity contribution is 5.90. The molecule has 0 N–H and O–H groups in total. The number of carbonyl (C=O) groups is 1. The summed E-state index contributed by atoms with van der Waals surface area (Å²) in [5.41, 5.74) is 1.28. The molecule has 0 aliphatic carbocycles. The summed E-state index contributed by atoms with van der Waals surface area (Å²) in [6.07, 6.45) is 5.88. The maximum absolute atomic E-state index is 11.5. The van der Waals surface area contributed by atoms with Gasteiger partial charge in [0.25, 0.3) is 0 Å². The minimum Gasteiger partial charge on any atom is -0.462 e. The number of hydrogen-bond donors (Lipinski definition) is 0. The molecular formula is C11H16N2O2. The molecule has 15 heavy (non-hydrogen) atoms. The molecule has 0 spiro atoms. The van der Waals surface area contributed by atoms with Gasteiger partial charge in [0.2, 0.25) is 0 Å². The average Bonchev–Trinajstić information content (AvgIpc) is 2.27. The fourth-order valence-electron chi connectivity index (χ4n) is 1.28.